The molecule has 3 unspecified atom stereocenters. The number of likely N-dealkylation sites (N-methyl/N-ethyl adjacent to an activating group) is 1. The molecule has 0 saturated carbocycles. The SMILES string of the molecule is Cc1ncsc1-c1ccc([C@H](C)CC(=O)C2CC(=O)CN2C(=O)C(NC(=O)CN(C)CC(=O)N2CCC(C3CCN([C@]4(C)CCC(c5ccc(Cl)cc5)=C(CN5CCN(c6ccc(C(=O)N[S+]([O-])c7ccc(N[C@H](CCN8CCCOCC8)Sc8ccccc8)c(S(=O)(=O)C(F)(F)F)c7)cc6)CC5)C4)CC3)CC2)C(C)(C)C)cc1. The zero-order valence-electron chi connectivity index (χ0n) is 66.2. The van der Waals surface area contributed by atoms with Gasteiger partial charge in [-0.2, -0.15) is 17.9 Å². The molecule has 12 rings (SSSR count). The lowest BCUT2D eigenvalue weighted by atomic mass is 9.73. The first-order valence-corrected chi connectivity index (χ1v) is 44.5. The fourth-order valence-electron chi connectivity index (χ4n) is 17.0. The van der Waals surface area contributed by atoms with E-state index in [1.54, 1.807) is 35.4 Å². The minimum Gasteiger partial charge on any atom is -0.588 e. The van der Waals surface area contributed by atoms with Crippen LogP contribution in [0.2, 0.25) is 5.02 Å². The highest BCUT2D eigenvalue weighted by Crippen LogP contribution is 2.45. The van der Waals surface area contributed by atoms with E-state index in [1.165, 1.54) is 45.5 Å². The minimum atomic E-state index is -5.97. The van der Waals surface area contributed by atoms with Crippen LogP contribution in [-0.2, 0) is 49.9 Å². The number of piperazine rings is 1. The van der Waals surface area contributed by atoms with Gasteiger partial charge in [0.15, 0.2) is 16.5 Å². The van der Waals surface area contributed by atoms with Crippen molar-refractivity contribution in [2.75, 3.05) is 129 Å². The number of Topliss-reactive ketones (excluding diaryl/α,β-unsaturated/α-hetero) is 2. The maximum atomic E-state index is 14.4. The van der Waals surface area contributed by atoms with Crippen LogP contribution in [-0.4, -0.2) is 229 Å². The summed E-state index contributed by atoms with van der Waals surface area (Å²) in [4.78, 5) is 102. The van der Waals surface area contributed by atoms with Gasteiger partial charge in [-0.05, 0) is 198 Å². The van der Waals surface area contributed by atoms with Crippen LogP contribution >= 0.6 is 34.7 Å². The maximum Gasteiger partial charge on any atom is 0.501 e. The van der Waals surface area contributed by atoms with Gasteiger partial charge in [0.2, 0.25) is 17.7 Å². The van der Waals surface area contributed by atoms with Crippen molar-refractivity contribution in [1.82, 2.24) is 44.4 Å². The monoisotopic (exact) mass is 1660 g/mol. The number of carbonyl (C=O) groups is 6. The summed E-state index contributed by atoms with van der Waals surface area (Å²) in [6.07, 6.45) is 8.20. The van der Waals surface area contributed by atoms with Crippen LogP contribution in [0.4, 0.5) is 24.5 Å². The number of sulfone groups is 1. The van der Waals surface area contributed by atoms with Crippen molar-refractivity contribution < 1.29 is 59.6 Å². The first-order valence-electron chi connectivity index (χ1n) is 39.7. The predicted molar refractivity (Wildman–Crippen MR) is 443 cm³/mol. The van der Waals surface area contributed by atoms with Crippen LogP contribution < -0.4 is 20.3 Å². The Morgan fingerprint density at radius 1 is 0.825 bits per heavy atom. The average Bonchev–Trinajstić information content (AvgIpc) is 1.21. The minimum absolute atomic E-state index is 0.0313. The number of ether oxygens (including phenoxy) is 1. The first-order chi connectivity index (χ1) is 54.4. The van der Waals surface area contributed by atoms with E-state index in [-0.39, 0.29) is 77.6 Å². The van der Waals surface area contributed by atoms with Gasteiger partial charge in [-0.25, -0.2) is 13.4 Å². The number of amides is 4. The van der Waals surface area contributed by atoms with Crippen molar-refractivity contribution in [1.29, 1.82) is 0 Å². The number of likely N-dealkylation sites (tertiary alicyclic amines) is 3. The fourth-order valence-corrected chi connectivity index (χ4v) is 20.8. The van der Waals surface area contributed by atoms with Gasteiger partial charge < -0.3 is 39.5 Å². The molecule has 5 saturated heterocycles. The van der Waals surface area contributed by atoms with E-state index in [1.807, 2.05) is 124 Å². The molecule has 3 N–H and O–H groups in total. The third-order valence-electron chi connectivity index (χ3n) is 23.6. The van der Waals surface area contributed by atoms with Crippen molar-refractivity contribution in [3.05, 3.63) is 160 Å². The first kappa shape index (κ1) is 86.1. The van der Waals surface area contributed by atoms with Gasteiger partial charge in [0.1, 0.15) is 22.3 Å². The molecule has 0 spiro atoms. The van der Waals surface area contributed by atoms with Crippen molar-refractivity contribution in [2.24, 2.45) is 17.3 Å². The third-order valence-corrected chi connectivity index (χ3v) is 28.6. The highest BCUT2D eigenvalue weighted by Gasteiger charge is 2.50. The molecular formula is C85H107ClF3N11O10S4. The number of aromatic nitrogens is 1. The topological polar surface area (TPSA) is 241 Å². The summed E-state index contributed by atoms with van der Waals surface area (Å²) in [5.41, 5.74) is 3.01. The van der Waals surface area contributed by atoms with E-state index in [9.17, 15) is 54.9 Å². The number of nitrogens with zero attached hydrogens (tertiary/aromatic N) is 8. The van der Waals surface area contributed by atoms with Gasteiger partial charge in [0, 0.05) is 118 Å². The smallest absolute Gasteiger partial charge is 0.501 e. The van der Waals surface area contributed by atoms with Crippen LogP contribution in [0.15, 0.2) is 147 Å². The molecule has 6 heterocycles. The molecule has 6 atom stereocenters. The molecular weight excluding hydrogens is 1560 g/mol. The predicted octanol–water partition coefficient (Wildman–Crippen LogP) is 13.0. The molecule has 1 aliphatic carbocycles. The molecule has 4 amide bonds. The highest BCUT2D eigenvalue weighted by atomic mass is 35.5. The largest absolute Gasteiger partial charge is 0.588 e. The molecule has 21 nitrogen and oxygen atoms in total. The number of rotatable bonds is 28. The summed E-state index contributed by atoms with van der Waals surface area (Å²) in [5, 5.41) is 6.13. The second-order valence-electron chi connectivity index (χ2n) is 32.8. The van der Waals surface area contributed by atoms with E-state index < -0.39 is 72.2 Å². The Kier molecular flexibility index (Phi) is 28.7. The molecule has 614 valence electrons. The lowest BCUT2D eigenvalue weighted by molar-refractivity contribution is -0.144. The molecule has 5 aromatic carbocycles. The number of ketones is 2. The average molecular weight is 1660 g/mol. The fraction of sp³-hybridized carbons (Fsp3) is 0.518. The number of benzene rings is 5. The van der Waals surface area contributed by atoms with Crippen LogP contribution in [0.5, 0.6) is 0 Å². The number of aryl methyl sites for hydroxylation is 1. The Bertz CT molecular complexity index is 4490. The molecule has 29 heteroatoms. The summed E-state index contributed by atoms with van der Waals surface area (Å²) in [5.74, 6) is -1.25. The van der Waals surface area contributed by atoms with Crippen LogP contribution in [0.1, 0.15) is 138 Å². The Morgan fingerprint density at radius 3 is 2.16 bits per heavy atom. The normalized spacial score (nSPS) is 20.8. The Labute approximate surface area is 685 Å². The second-order valence-corrected chi connectivity index (χ2v) is 38.5. The molecule has 114 heavy (non-hydrogen) atoms. The zero-order chi connectivity index (χ0) is 81.2. The van der Waals surface area contributed by atoms with Crippen LogP contribution in [0, 0.1) is 24.2 Å². The standard InChI is InChI=1S/C85H107ClF3N11O10S4/c1-57(59-14-16-63(17-15-59)79-58(2)90-56-111-79)48-74(102)73-49-68(101)53-100(73)82(106)80(83(3,4)5)92-76(103)54-94(7)55-78(104)98-37-29-60(30-38-98)61-31-39-99(40-32-61)84(6)34-28-71(62-18-22-66(86)23-19-62)65(51-84)52-96-41-43-97(44-42-96)67-24-20-64(21-25-67)81(105)93-113(107)70-26-27-72(75(50-70)114(108,109)85(87,88)89)91-77(112-69-12-9-8-10-13-69)33-36-95-35-11-46-110-47-45-95/h8-10,12-27,50,56-57,60-61,73,77,80,91H,11,28-49,51-55H2,1-7H3,(H,92,103)(H,93,105)/t57-,73?,77+,80?,84-,113?/m1/s1. The van der Waals surface area contributed by atoms with E-state index >= 15 is 0 Å². The number of alkyl halides is 3. The van der Waals surface area contributed by atoms with Crippen molar-refractivity contribution in [3.8, 4) is 10.4 Å². The molecule has 1 aromatic heterocycles. The summed E-state index contributed by atoms with van der Waals surface area (Å²) < 4.78 is 91.6. The highest BCUT2D eigenvalue weighted by molar-refractivity contribution is 8.00. The van der Waals surface area contributed by atoms with Crippen LogP contribution in [0.25, 0.3) is 16.0 Å². The zero-order valence-corrected chi connectivity index (χ0v) is 70.2. The molecule has 0 radical (unpaired) electrons. The third kappa shape index (κ3) is 21.8. The lowest BCUT2D eigenvalue weighted by Crippen LogP contribution is -2.58. The number of carbonyl (C=O) groups excluding carboxylic acids is 6. The lowest BCUT2D eigenvalue weighted by Gasteiger charge is -2.50. The molecule has 5 aliphatic heterocycles. The number of hydrogen-bond acceptors (Lipinski definition) is 19. The number of nitrogens with one attached hydrogen (secondary N) is 3. The second kappa shape index (κ2) is 38.0. The summed E-state index contributed by atoms with van der Waals surface area (Å²) >= 11 is 6.92. The Hall–Kier alpha value is -7.22. The number of hydrogen-bond donors (Lipinski definition) is 3. The van der Waals surface area contributed by atoms with Gasteiger partial charge in [-0.3, -0.25) is 43.5 Å². The van der Waals surface area contributed by atoms with Gasteiger partial charge in [0.25, 0.3) is 15.7 Å². The van der Waals surface area contributed by atoms with Gasteiger partial charge in [0.05, 0.1) is 59.4 Å². The molecule has 5 fully saturated rings. The van der Waals surface area contributed by atoms with Crippen molar-refractivity contribution >= 4 is 108 Å². The number of thioether (sulfide) groups is 1. The molecule has 6 aromatic rings. The van der Waals surface area contributed by atoms with Crippen molar-refractivity contribution in [3.63, 3.8) is 0 Å². The molecule has 6 aliphatic rings. The maximum absolute atomic E-state index is 14.4. The number of piperidine rings is 2. The number of allylic oxidation sites excluding steroid dienone is 1. The van der Waals surface area contributed by atoms with E-state index in [0.29, 0.717) is 75.8 Å². The van der Waals surface area contributed by atoms with Gasteiger partial charge in [-0.1, -0.05) is 99.5 Å². The van der Waals surface area contributed by atoms with E-state index in [0.717, 1.165) is 129 Å². The van der Waals surface area contributed by atoms with E-state index in [4.69, 9.17) is 16.3 Å². The quantitative estimate of drug-likeness (QED) is 0.0235. The van der Waals surface area contributed by atoms with Crippen molar-refractivity contribution in [2.45, 2.75) is 161 Å². The summed E-state index contributed by atoms with van der Waals surface area (Å²) in [7, 11) is -4.24. The number of halogens is 4. The van der Waals surface area contributed by atoms with Gasteiger partial charge >= 0.3 is 5.51 Å². The number of thiazole rings is 1. The van der Waals surface area contributed by atoms with Crippen LogP contribution in [0.3, 0.4) is 0 Å². The van der Waals surface area contributed by atoms with Gasteiger partial charge in [-0.15, -0.1) is 23.1 Å². The summed E-state index contributed by atoms with van der Waals surface area (Å²) in [6, 6.07) is 33.5. The molecule has 0 bridgehead atoms. The summed E-state index contributed by atoms with van der Waals surface area (Å²) in [6.45, 7) is 21.9. The van der Waals surface area contributed by atoms with E-state index in [2.05, 4.69) is 59.0 Å². The Balaban J connectivity index is 0.595. The Morgan fingerprint density at radius 2 is 1.50 bits per heavy atom. The number of anilines is 2.